The van der Waals surface area contributed by atoms with Crippen molar-refractivity contribution in [1.29, 1.82) is 0 Å². The Morgan fingerprint density at radius 3 is 1.08 bits per heavy atom. The van der Waals surface area contributed by atoms with Gasteiger partial charge in [-0.3, -0.25) is 28.8 Å². The number of benzene rings is 4. The number of unbranched alkanes of at least 4 members (excludes halogenated alkanes) is 8. The predicted molar refractivity (Wildman–Crippen MR) is 286 cm³/mol. The minimum absolute atomic E-state index is 0.0182. The second kappa shape index (κ2) is 32.1. The van der Waals surface area contributed by atoms with E-state index in [4.69, 9.17) is 27.8 Å². The summed E-state index contributed by atoms with van der Waals surface area (Å²) in [5.41, 5.74) is 1.95. The van der Waals surface area contributed by atoms with Gasteiger partial charge in [0.25, 0.3) is 10.2 Å². The van der Waals surface area contributed by atoms with Crippen LogP contribution in [-0.2, 0) is 28.9 Å². The Bertz CT molecular complexity index is 3010. The summed E-state index contributed by atoms with van der Waals surface area (Å²) in [7, 11) is 0. The van der Waals surface area contributed by atoms with Crippen LogP contribution < -0.4 is 29.8 Å². The average molecular weight is 1180 g/mol. The normalized spacial score (nSPS) is 10.8. The molecule has 22 heteroatoms. The van der Waals surface area contributed by atoms with Crippen molar-refractivity contribution in [3.8, 4) is 45.3 Å². The van der Waals surface area contributed by atoms with E-state index in [0.717, 1.165) is 49.2 Å². The first-order valence-corrected chi connectivity index (χ1v) is 26.8. The summed E-state index contributed by atoms with van der Waals surface area (Å²) < 4.78 is 32.7. The van der Waals surface area contributed by atoms with Crippen molar-refractivity contribution in [2.24, 2.45) is 0 Å². The molecule has 0 aliphatic carbocycles. The molecule has 2 aromatic heterocycles. The van der Waals surface area contributed by atoms with Crippen LogP contribution in [0, 0.1) is 20.2 Å². The van der Waals surface area contributed by atoms with E-state index < -0.39 is 22.1 Å². The van der Waals surface area contributed by atoms with Gasteiger partial charge in [0.15, 0.2) is 10.9 Å². The van der Waals surface area contributed by atoms with Crippen LogP contribution in [0.3, 0.4) is 0 Å². The van der Waals surface area contributed by atoms with E-state index in [1.54, 1.807) is 66.7 Å². The van der Waals surface area contributed by atoms with Crippen LogP contribution in [0.2, 0.25) is 0 Å². The smallest absolute Gasteiger partial charge is 0.311 e. The lowest BCUT2D eigenvalue weighted by Crippen LogP contribution is -2.09. The zero-order valence-corrected chi connectivity index (χ0v) is 44.6. The third kappa shape index (κ3) is 20.3. The minimum Gasteiger partial charge on any atom is -0.463 e. The van der Waals surface area contributed by atoms with Crippen LogP contribution in [0.1, 0.15) is 103 Å². The number of carbonyl (C=O) groups excluding carboxylic acids is 4. The van der Waals surface area contributed by atoms with Crippen molar-refractivity contribution < 1.29 is 66.8 Å². The highest BCUT2D eigenvalue weighted by atomic mass is 79.9. The lowest BCUT2D eigenvalue weighted by molar-refractivity contribution is -0.757. The Morgan fingerprint density at radius 2 is 0.750 bits per heavy atom. The monoisotopic (exact) mass is 1180 g/mol. The first-order chi connectivity index (χ1) is 36.7. The fraction of sp³-hybridized carbons (Fsp3) is 0.370. The molecule has 0 saturated heterocycles. The molecule has 404 valence electrons. The molecule has 0 aliphatic heterocycles. The van der Waals surface area contributed by atoms with Gasteiger partial charge in [0.2, 0.25) is 0 Å². The van der Waals surface area contributed by atoms with Crippen LogP contribution >= 0.6 is 31.9 Å². The number of alkyl halides is 2. The molecule has 0 bridgehead atoms. The van der Waals surface area contributed by atoms with Gasteiger partial charge in [0.05, 0.1) is 35.1 Å². The molecule has 4 aromatic carbocycles. The van der Waals surface area contributed by atoms with Gasteiger partial charge in [0, 0.05) is 48.5 Å². The van der Waals surface area contributed by atoms with Crippen molar-refractivity contribution in [3.63, 3.8) is 0 Å². The number of hydrogen-bond donors (Lipinski definition) is 0. The van der Waals surface area contributed by atoms with Gasteiger partial charge in [-0.15, -0.1) is 20.2 Å². The zero-order valence-electron chi connectivity index (χ0n) is 41.4. The molecule has 0 radical (unpaired) electrons. The van der Waals surface area contributed by atoms with Gasteiger partial charge in [-0.25, -0.2) is 0 Å². The Morgan fingerprint density at radius 1 is 0.434 bits per heavy atom. The van der Waals surface area contributed by atoms with Crippen LogP contribution in [-0.4, -0.2) is 57.9 Å². The molecule has 0 amide bonds. The predicted octanol–water partition coefficient (Wildman–Crippen LogP) is 12.0. The third-order valence-corrected chi connectivity index (χ3v) is 12.3. The summed E-state index contributed by atoms with van der Waals surface area (Å²) in [6, 6.07) is 22.3. The summed E-state index contributed by atoms with van der Waals surface area (Å²) in [4.78, 5) is 103. The summed E-state index contributed by atoms with van der Waals surface area (Å²) in [6.07, 6.45) is 12.2. The first kappa shape index (κ1) is 59.4. The van der Waals surface area contributed by atoms with Crippen LogP contribution in [0.25, 0.3) is 44.2 Å². The van der Waals surface area contributed by atoms with Gasteiger partial charge >= 0.3 is 23.9 Å². The summed E-state index contributed by atoms with van der Waals surface area (Å²) in [6.45, 7) is -0.0458. The topological polar surface area (TPSA) is 270 Å². The second-order valence-electron chi connectivity index (χ2n) is 17.0. The van der Waals surface area contributed by atoms with Gasteiger partial charge in [-0.1, -0.05) is 81.8 Å². The molecule has 0 saturated carbocycles. The maximum absolute atomic E-state index is 13.1. The number of nitrogens with zero attached hydrogens (tertiary/aromatic N) is 2. The van der Waals surface area contributed by atoms with Gasteiger partial charge in [-0.2, -0.15) is 0 Å². The molecule has 0 aliphatic rings. The van der Waals surface area contributed by atoms with Crippen molar-refractivity contribution in [1.82, 2.24) is 0 Å². The number of esters is 4. The molecule has 0 spiro atoms. The van der Waals surface area contributed by atoms with Gasteiger partial charge < -0.3 is 37.5 Å². The summed E-state index contributed by atoms with van der Waals surface area (Å²) >= 11 is 6.74. The van der Waals surface area contributed by atoms with E-state index in [1.165, 1.54) is 30.7 Å². The minimum atomic E-state index is -0.860. The summed E-state index contributed by atoms with van der Waals surface area (Å²) in [5, 5.41) is 21.0. The maximum atomic E-state index is 13.1. The molecule has 0 fully saturated rings. The van der Waals surface area contributed by atoms with Crippen molar-refractivity contribution in [2.75, 3.05) is 23.9 Å². The van der Waals surface area contributed by atoms with E-state index in [0.29, 0.717) is 96.3 Å². The van der Waals surface area contributed by atoms with E-state index in [9.17, 15) is 49.0 Å². The molecule has 6 aromatic rings. The standard InChI is InChI=1S/C27H28Br2O6.C27H28N2O12/c28-15-5-1-3-7-25(30)34-20-11-9-19(10-12-20)23-18-33-24-17-21(13-14-22(24)27(23)32)35-26(31)8-4-2-6-16-29;30-25(7-3-1-5-15-38-28(33)34)40-20-11-9-19(10-12-20)23-18-37-24-17-21(13-14-22(24)27(23)32)41-26(31)8-4-2-6-16-39-29(35)36/h9-14,17-18H,1-8,15-16H2;9-14,17-18H,1-8,15-16H2. The van der Waals surface area contributed by atoms with Crippen molar-refractivity contribution in [3.05, 3.63) is 138 Å². The Hall–Kier alpha value is -7.46. The lowest BCUT2D eigenvalue weighted by atomic mass is 10.1. The first-order valence-electron chi connectivity index (χ1n) is 24.6. The van der Waals surface area contributed by atoms with Crippen molar-refractivity contribution in [2.45, 2.75) is 103 Å². The Labute approximate surface area is 452 Å². The van der Waals surface area contributed by atoms with Gasteiger partial charge in [-0.05, 0) is 111 Å². The average Bonchev–Trinajstić information content (AvgIpc) is 3.40. The van der Waals surface area contributed by atoms with E-state index in [-0.39, 0.29) is 71.1 Å². The van der Waals surface area contributed by atoms with Crippen molar-refractivity contribution >= 4 is 77.7 Å². The molecule has 20 nitrogen and oxygen atoms in total. The van der Waals surface area contributed by atoms with Crippen LogP contribution in [0.5, 0.6) is 23.0 Å². The molecule has 0 atom stereocenters. The molecular formula is C54H56Br2N2O18. The quantitative estimate of drug-likeness (QED) is 0.0101. The molecule has 6 rings (SSSR count). The van der Waals surface area contributed by atoms with Crippen LogP contribution in [0.15, 0.2) is 116 Å². The van der Waals surface area contributed by atoms with Gasteiger partial charge in [0.1, 0.15) is 46.7 Å². The highest BCUT2D eigenvalue weighted by molar-refractivity contribution is 9.09. The highest BCUT2D eigenvalue weighted by Gasteiger charge is 2.16. The molecule has 0 N–H and O–H groups in total. The zero-order chi connectivity index (χ0) is 54.7. The number of halogens is 2. The molecular weight excluding hydrogens is 1120 g/mol. The maximum Gasteiger partial charge on any atom is 0.311 e. The van der Waals surface area contributed by atoms with E-state index >= 15 is 0 Å². The number of hydrogen-bond acceptors (Lipinski definition) is 18. The fourth-order valence-electron chi connectivity index (χ4n) is 7.33. The number of fused-ring (bicyclic) bond motifs is 2. The largest absolute Gasteiger partial charge is 0.463 e. The SMILES string of the molecule is O=C(CCCCCBr)Oc1ccc(-c2coc3cc(OC(=O)CCCCCBr)ccc3c2=O)cc1.O=C(CCCCCO[N+](=O)[O-])Oc1ccc(-c2coc3cc(OC(=O)CCCCCO[N+](=O)[O-])ccc3c2=O)cc1. The number of ether oxygens (including phenoxy) is 4. The second-order valence-corrected chi connectivity index (χ2v) is 18.5. The highest BCUT2D eigenvalue weighted by Crippen LogP contribution is 2.27. The molecule has 76 heavy (non-hydrogen) atoms. The van der Waals surface area contributed by atoms with E-state index in [1.807, 2.05) is 0 Å². The molecule has 0 unspecified atom stereocenters. The number of rotatable bonds is 30. The Balaban J connectivity index is 0.000000284. The van der Waals surface area contributed by atoms with Crippen LogP contribution in [0.4, 0.5) is 0 Å². The van der Waals surface area contributed by atoms with E-state index in [2.05, 4.69) is 41.5 Å². The molecule has 2 heterocycles. The Kier molecular flexibility index (Phi) is 25.1. The fourth-order valence-corrected chi connectivity index (χ4v) is 8.13. The lowest BCUT2D eigenvalue weighted by Gasteiger charge is -2.08. The number of carbonyl (C=O) groups is 4. The third-order valence-electron chi connectivity index (χ3n) is 11.2. The summed E-state index contributed by atoms with van der Waals surface area (Å²) in [5.74, 6) is -0.215.